The van der Waals surface area contributed by atoms with Crippen LogP contribution in [0.5, 0.6) is 0 Å². The van der Waals surface area contributed by atoms with E-state index in [1.807, 2.05) is 38.1 Å². The molecule has 22 heavy (non-hydrogen) atoms. The summed E-state index contributed by atoms with van der Waals surface area (Å²) in [6.07, 6.45) is 1.12. The Hall–Kier alpha value is -2.56. The van der Waals surface area contributed by atoms with Gasteiger partial charge in [-0.3, -0.25) is 9.59 Å². The van der Waals surface area contributed by atoms with E-state index < -0.39 is 5.97 Å². The number of hydrogen-bond donors (Lipinski definition) is 1. The van der Waals surface area contributed by atoms with Crippen LogP contribution in [0.2, 0.25) is 0 Å². The number of aliphatic carboxylic acids is 1. The van der Waals surface area contributed by atoms with Crippen molar-refractivity contribution in [3.63, 3.8) is 0 Å². The minimum atomic E-state index is -1.03. The summed E-state index contributed by atoms with van der Waals surface area (Å²) >= 11 is 0. The normalized spacial score (nSPS) is 10.5. The highest BCUT2D eigenvalue weighted by molar-refractivity contribution is 6.08. The van der Waals surface area contributed by atoms with Crippen LogP contribution >= 0.6 is 0 Å². The average molecular weight is 301 g/mol. The third kappa shape index (κ3) is 3.19. The molecule has 0 spiro atoms. The zero-order chi connectivity index (χ0) is 16.3. The molecule has 1 N–H and O–H groups in total. The molecular formula is C17H19NO4. The first-order valence-electron chi connectivity index (χ1n) is 7.11. The highest BCUT2D eigenvalue weighted by Crippen LogP contribution is 2.24. The molecule has 1 amide bonds. The number of furan rings is 1. The van der Waals surface area contributed by atoms with Gasteiger partial charge in [0, 0.05) is 17.8 Å². The predicted octanol–water partition coefficient (Wildman–Crippen LogP) is 3.19. The second kappa shape index (κ2) is 6.47. The number of amides is 1. The zero-order valence-electron chi connectivity index (χ0n) is 12.9. The van der Waals surface area contributed by atoms with Crippen LogP contribution in [0.15, 0.2) is 34.9 Å². The van der Waals surface area contributed by atoms with E-state index >= 15 is 0 Å². The summed E-state index contributed by atoms with van der Waals surface area (Å²) in [5.41, 5.74) is 2.82. The number of carboxylic acids is 1. The Bertz CT molecular complexity index is 702. The van der Waals surface area contributed by atoms with Crippen molar-refractivity contribution < 1.29 is 19.1 Å². The molecule has 2 rings (SSSR count). The molecule has 0 saturated carbocycles. The van der Waals surface area contributed by atoms with E-state index in [-0.39, 0.29) is 18.1 Å². The van der Waals surface area contributed by atoms with Gasteiger partial charge in [0.2, 0.25) is 0 Å². The van der Waals surface area contributed by atoms with Gasteiger partial charge in [-0.25, -0.2) is 0 Å². The smallest absolute Gasteiger partial charge is 0.311 e. The van der Waals surface area contributed by atoms with Gasteiger partial charge in [-0.1, -0.05) is 12.1 Å². The Labute approximate surface area is 129 Å². The summed E-state index contributed by atoms with van der Waals surface area (Å²) in [7, 11) is 0. The summed E-state index contributed by atoms with van der Waals surface area (Å²) in [4.78, 5) is 25.4. The van der Waals surface area contributed by atoms with Crippen LogP contribution in [-0.2, 0) is 11.2 Å². The van der Waals surface area contributed by atoms with Crippen molar-refractivity contribution in [2.45, 2.75) is 27.2 Å². The fourth-order valence-electron chi connectivity index (χ4n) is 2.43. The maximum atomic E-state index is 12.8. The van der Waals surface area contributed by atoms with E-state index in [4.69, 9.17) is 9.52 Å². The molecule has 0 aliphatic heterocycles. The molecule has 0 aliphatic rings. The van der Waals surface area contributed by atoms with Crippen LogP contribution in [0.1, 0.15) is 34.2 Å². The van der Waals surface area contributed by atoms with Gasteiger partial charge in [0.1, 0.15) is 12.2 Å². The first kappa shape index (κ1) is 15.8. The van der Waals surface area contributed by atoms with Crippen LogP contribution in [0.4, 0.5) is 5.69 Å². The lowest BCUT2D eigenvalue weighted by molar-refractivity contribution is -0.136. The van der Waals surface area contributed by atoms with Crippen molar-refractivity contribution in [2.75, 3.05) is 11.4 Å². The Morgan fingerprint density at radius 1 is 1.27 bits per heavy atom. The molecular weight excluding hydrogens is 282 g/mol. The number of carbonyl (C=O) groups is 2. The second-order valence-electron chi connectivity index (χ2n) is 5.18. The van der Waals surface area contributed by atoms with Crippen molar-refractivity contribution in [1.29, 1.82) is 0 Å². The minimum Gasteiger partial charge on any atom is -0.481 e. The minimum absolute atomic E-state index is 0.195. The Morgan fingerprint density at radius 2 is 2.00 bits per heavy atom. The number of benzene rings is 1. The van der Waals surface area contributed by atoms with E-state index in [1.165, 1.54) is 6.26 Å². The van der Waals surface area contributed by atoms with Gasteiger partial charge >= 0.3 is 5.97 Å². The number of hydrogen-bond acceptors (Lipinski definition) is 3. The van der Waals surface area contributed by atoms with E-state index in [0.29, 0.717) is 17.7 Å². The van der Waals surface area contributed by atoms with Crippen molar-refractivity contribution in [2.24, 2.45) is 0 Å². The number of aryl methyl sites for hydroxylation is 2. The number of nitrogens with zero attached hydrogens (tertiary/aromatic N) is 1. The van der Waals surface area contributed by atoms with Gasteiger partial charge in [-0.05, 0) is 38.5 Å². The third-order valence-corrected chi connectivity index (χ3v) is 3.45. The van der Waals surface area contributed by atoms with E-state index in [0.717, 1.165) is 11.3 Å². The standard InChI is InChI=1S/C17H19NO4/c1-4-18(13-7-5-6-11(2)8-13)17(21)16-12(3)10-22-14(16)9-15(19)20/h5-8,10H,4,9H2,1-3H3,(H,19,20). The molecule has 0 saturated heterocycles. The molecule has 0 radical (unpaired) electrons. The highest BCUT2D eigenvalue weighted by Gasteiger charge is 2.25. The average Bonchev–Trinajstić information content (AvgIpc) is 2.79. The van der Waals surface area contributed by atoms with Gasteiger partial charge in [-0.15, -0.1) is 0 Å². The lowest BCUT2D eigenvalue weighted by atomic mass is 10.1. The number of carboxylic acid groups (broad SMARTS) is 1. The molecule has 0 atom stereocenters. The highest BCUT2D eigenvalue weighted by atomic mass is 16.4. The third-order valence-electron chi connectivity index (χ3n) is 3.45. The van der Waals surface area contributed by atoms with Crippen molar-refractivity contribution in [1.82, 2.24) is 0 Å². The van der Waals surface area contributed by atoms with Gasteiger partial charge in [0.25, 0.3) is 5.91 Å². The van der Waals surface area contributed by atoms with Crippen LogP contribution in [0, 0.1) is 13.8 Å². The summed E-state index contributed by atoms with van der Waals surface area (Å²) < 4.78 is 5.25. The Kier molecular flexibility index (Phi) is 4.65. The summed E-state index contributed by atoms with van der Waals surface area (Å²) in [5, 5.41) is 8.95. The van der Waals surface area contributed by atoms with Crippen molar-refractivity contribution in [3.8, 4) is 0 Å². The molecule has 0 unspecified atom stereocenters. The molecule has 5 heteroatoms. The lowest BCUT2D eigenvalue weighted by Gasteiger charge is -2.21. The monoisotopic (exact) mass is 301 g/mol. The van der Waals surface area contributed by atoms with Crippen LogP contribution in [0.3, 0.4) is 0 Å². The first-order valence-corrected chi connectivity index (χ1v) is 7.11. The fraction of sp³-hybridized carbons (Fsp3) is 0.294. The van der Waals surface area contributed by atoms with E-state index in [2.05, 4.69) is 0 Å². The van der Waals surface area contributed by atoms with Crippen LogP contribution in [0.25, 0.3) is 0 Å². The van der Waals surface area contributed by atoms with E-state index in [9.17, 15) is 9.59 Å². The number of anilines is 1. The number of carbonyl (C=O) groups excluding carboxylic acids is 1. The summed E-state index contributed by atoms with van der Waals surface area (Å²) in [6.45, 7) is 6.07. The van der Waals surface area contributed by atoms with E-state index in [1.54, 1.807) is 11.8 Å². The maximum absolute atomic E-state index is 12.8. The maximum Gasteiger partial charge on any atom is 0.311 e. The zero-order valence-corrected chi connectivity index (χ0v) is 12.9. The molecule has 0 aliphatic carbocycles. The molecule has 1 heterocycles. The van der Waals surface area contributed by atoms with Crippen molar-refractivity contribution in [3.05, 3.63) is 53.0 Å². The molecule has 5 nitrogen and oxygen atoms in total. The molecule has 1 aromatic carbocycles. The largest absolute Gasteiger partial charge is 0.481 e. The molecule has 0 fully saturated rings. The quantitative estimate of drug-likeness (QED) is 0.920. The Balaban J connectivity index is 2.41. The molecule has 1 aromatic heterocycles. The summed E-state index contributed by atoms with van der Waals surface area (Å²) in [5.74, 6) is -1.07. The predicted molar refractivity (Wildman–Crippen MR) is 83.3 cm³/mol. The van der Waals surface area contributed by atoms with Crippen LogP contribution < -0.4 is 4.90 Å². The van der Waals surface area contributed by atoms with Gasteiger partial charge in [0.15, 0.2) is 0 Å². The topological polar surface area (TPSA) is 70.8 Å². The number of rotatable bonds is 5. The summed E-state index contributed by atoms with van der Waals surface area (Å²) in [6, 6.07) is 7.64. The second-order valence-corrected chi connectivity index (χ2v) is 5.18. The Morgan fingerprint density at radius 3 is 2.59 bits per heavy atom. The van der Waals surface area contributed by atoms with Crippen LogP contribution in [-0.4, -0.2) is 23.5 Å². The molecule has 0 bridgehead atoms. The fourth-order valence-corrected chi connectivity index (χ4v) is 2.43. The van der Waals surface area contributed by atoms with Gasteiger partial charge in [-0.2, -0.15) is 0 Å². The SMILES string of the molecule is CCN(C(=O)c1c(C)coc1CC(=O)O)c1cccc(C)c1. The first-order chi connectivity index (χ1) is 10.4. The van der Waals surface area contributed by atoms with Gasteiger partial charge < -0.3 is 14.4 Å². The molecule has 116 valence electrons. The van der Waals surface area contributed by atoms with Crippen molar-refractivity contribution >= 4 is 17.6 Å². The van der Waals surface area contributed by atoms with Gasteiger partial charge in [0.05, 0.1) is 11.8 Å². The lowest BCUT2D eigenvalue weighted by Crippen LogP contribution is -2.31. The molecule has 2 aromatic rings.